The molecule has 0 bridgehead atoms. The molecule has 0 rings (SSSR count). The monoisotopic (exact) mass is 332 g/mol. The molecule has 0 aromatic carbocycles. The van der Waals surface area contributed by atoms with Gasteiger partial charge < -0.3 is 18.0 Å². The number of unbranched alkanes of at least 4 members (excludes halogenated alkanes) is 6. The largest absolute Gasteiger partial charge is 0.500 e. The maximum atomic E-state index is 11.2. The van der Waals surface area contributed by atoms with Crippen LogP contribution in [0.4, 0.5) is 0 Å². The summed E-state index contributed by atoms with van der Waals surface area (Å²) >= 11 is 0. The molecular weight excluding hydrogens is 300 g/mol. The summed E-state index contributed by atoms with van der Waals surface area (Å²) in [5, 5.41) is 0. The molecule has 0 aliphatic carbocycles. The fraction of sp³-hybridized carbons (Fsp3) is 0.812. The van der Waals surface area contributed by atoms with Gasteiger partial charge in [0.05, 0.1) is 6.61 Å². The average molecular weight is 333 g/mol. The minimum absolute atomic E-state index is 0.290. The van der Waals surface area contributed by atoms with Gasteiger partial charge in [-0.1, -0.05) is 38.7 Å². The van der Waals surface area contributed by atoms with Crippen molar-refractivity contribution in [1.29, 1.82) is 0 Å². The van der Waals surface area contributed by atoms with Crippen molar-refractivity contribution in [3.8, 4) is 0 Å². The van der Waals surface area contributed by atoms with Crippen molar-refractivity contribution in [1.82, 2.24) is 0 Å². The zero-order chi connectivity index (χ0) is 16.8. The maximum Gasteiger partial charge on any atom is 0.500 e. The number of rotatable bonds is 14. The fourth-order valence-corrected chi connectivity index (χ4v) is 3.97. The van der Waals surface area contributed by atoms with E-state index in [0.717, 1.165) is 31.7 Å². The first-order chi connectivity index (χ1) is 10.5. The lowest BCUT2D eigenvalue weighted by Crippen LogP contribution is -2.42. The van der Waals surface area contributed by atoms with Crippen LogP contribution in [0, 0.1) is 0 Å². The van der Waals surface area contributed by atoms with Gasteiger partial charge in [-0.15, -0.1) is 0 Å². The summed E-state index contributed by atoms with van der Waals surface area (Å²) in [7, 11) is 2.58. The van der Waals surface area contributed by atoms with E-state index in [4.69, 9.17) is 18.0 Å². The number of carbonyl (C=O) groups excluding carboxylic acids is 1. The normalized spacial score (nSPS) is 11.5. The van der Waals surface area contributed by atoms with Gasteiger partial charge >= 0.3 is 14.8 Å². The molecule has 0 fully saturated rings. The average Bonchev–Trinajstić information content (AvgIpc) is 2.53. The predicted octanol–water partition coefficient (Wildman–Crippen LogP) is 3.71. The van der Waals surface area contributed by atoms with E-state index < -0.39 is 8.80 Å². The molecule has 0 aliphatic heterocycles. The summed E-state index contributed by atoms with van der Waals surface area (Å²) in [6, 6.07) is 0.868. The third-order valence-corrected chi connectivity index (χ3v) is 6.47. The second-order valence-electron chi connectivity index (χ2n) is 5.44. The van der Waals surface area contributed by atoms with Gasteiger partial charge in [-0.25, -0.2) is 4.79 Å². The van der Waals surface area contributed by atoms with Crippen LogP contribution in [-0.4, -0.2) is 42.7 Å². The predicted molar refractivity (Wildman–Crippen MR) is 89.7 cm³/mol. The van der Waals surface area contributed by atoms with Crippen LogP contribution in [0.2, 0.25) is 6.04 Å². The number of esters is 1. The quantitative estimate of drug-likeness (QED) is 0.210. The summed E-state index contributed by atoms with van der Waals surface area (Å²) in [4.78, 5) is 11.2. The molecule has 0 radical (unpaired) electrons. The van der Waals surface area contributed by atoms with E-state index >= 15 is 0 Å². The Balaban J connectivity index is 3.44. The molecule has 6 heteroatoms. The SMILES string of the molecule is C=C(C)C(=O)OCCCCCCCCC[Si](OC)(OC)OC. The Morgan fingerprint density at radius 2 is 1.32 bits per heavy atom. The van der Waals surface area contributed by atoms with E-state index in [0.29, 0.717) is 12.2 Å². The minimum atomic E-state index is -2.38. The molecule has 0 saturated heterocycles. The van der Waals surface area contributed by atoms with Gasteiger partial charge in [0.15, 0.2) is 0 Å². The van der Waals surface area contributed by atoms with E-state index in [-0.39, 0.29) is 5.97 Å². The molecule has 0 unspecified atom stereocenters. The van der Waals surface area contributed by atoms with Crippen LogP contribution in [0.15, 0.2) is 12.2 Å². The standard InChI is InChI=1S/C16H32O5Si/c1-15(2)16(17)21-13-11-9-7-6-8-10-12-14-22(18-3,19-4)20-5/h1,6-14H2,2-5H3. The van der Waals surface area contributed by atoms with Crippen LogP contribution in [-0.2, 0) is 22.8 Å². The Hall–Kier alpha value is -0.693. The molecule has 0 atom stereocenters. The zero-order valence-corrected chi connectivity index (χ0v) is 15.6. The third kappa shape index (κ3) is 9.35. The topological polar surface area (TPSA) is 54.0 Å². The van der Waals surface area contributed by atoms with Crippen LogP contribution < -0.4 is 0 Å². The Bertz CT molecular complexity index is 307. The van der Waals surface area contributed by atoms with Crippen molar-refractivity contribution >= 4 is 14.8 Å². The smallest absolute Gasteiger partial charge is 0.462 e. The van der Waals surface area contributed by atoms with Crippen LogP contribution in [0.3, 0.4) is 0 Å². The number of carbonyl (C=O) groups is 1. The van der Waals surface area contributed by atoms with Gasteiger partial charge in [-0.05, 0) is 19.8 Å². The molecule has 130 valence electrons. The lowest BCUT2D eigenvalue weighted by Gasteiger charge is -2.24. The van der Waals surface area contributed by atoms with E-state index in [1.54, 1.807) is 28.3 Å². The Morgan fingerprint density at radius 3 is 1.77 bits per heavy atom. The van der Waals surface area contributed by atoms with Gasteiger partial charge in [-0.2, -0.15) is 0 Å². The van der Waals surface area contributed by atoms with Crippen molar-refractivity contribution in [3.05, 3.63) is 12.2 Å². The summed E-state index contributed by atoms with van der Waals surface area (Å²) in [5.41, 5.74) is 0.461. The number of hydrogen-bond donors (Lipinski definition) is 0. The van der Waals surface area contributed by atoms with E-state index in [1.807, 2.05) is 0 Å². The molecule has 5 nitrogen and oxygen atoms in total. The lowest BCUT2D eigenvalue weighted by molar-refractivity contribution is -0.139. The van der Waals surface area contributed by atoms with Crippen LogP contribution in [0.1, 0.15) is 51.9 Å². The molecule has 0 aromatic rings. The number of ether oxygens (including phenoxy) is 1. The molecule has 0 amide bonds. The summed E-state index contributed by atoms with van der Waals surface area (Å²) in [6.45, 7) is 5.71. The first kappa shape index (κ1) is 21.3. The fourth-order valence-electron chi connectivity index (χ4n) is 2.17. The second kappa shape index (κ2) is 12.8. The summed E-state index contributed by atoms with van der Waals surface area (Å²) in [5.74, 6) is -0.290. The van der Waals surface area contributed by atoms with E-state index in [1.165, 1.54) is 19.3 Å². The summed E-state index contributed by atoms with van der Waals surface area (Å²) in [6.07, 6.45) is 7.82. The minimum Gasteiger partial charge on any atom is -0.462 e. The van der Waals surface area contributed by atoms with Crippen LogP contribution >= 0.6 is 0 Å². The van der Waals surface area contributed by atoms with Gasteiger partial charge in [0, 0.05) is 32.9 Å². The highest BCUT2D eigenvalue weighted by Gasteiger charge is 2.36. The van der Waals surface area contributed by atoms with Gasteiger partial charge in [0.1, 0.15) is 0 Å². The molecule has 0 saturated carbocycles. The van der Waals surface area contributed by atoms with Gasteiger partial charge in [0.2, 0.25) is 0 Å². The van der Waals surface area contributed by atoms with Crippen molar-refractivity contribution in [2.24, 2.45) is 0 Å². The first-order valence-electron chi connectivity index (χ1n) is 7.99. The van der Waals surface area contributed by atoms with Crippen molar-refractivity contribution in [2.45, 2.75) is 57.9 Å². The maximum absolute atomic E-state index is 11.2. The Labute approximate surface area is 136 Å². The first-order valence-corrected chi connectivity index (χ1v) is 9.92. The molecule has 0 aromatic heterocycles. The highest BCUT2D eigenvalue weighted by molar-refractivity contribution is 6.60. The molecule has 0 N–H and O–H groups in total. The lowest BCUT2D eigenvalue weighted by atomic mass is 10.1. The molecule has 0 spiro atoms. The Kier molecular flexibility index (Phi) is 12.4. The van der Waals surface area contributed by atoms with Crippen LogP contribution in [0.25, 0.3) is 0 Å². The molecule has 0 heterocycles. The second-order valence-corrected chi connectivity index (χ2v) is 8.53. The summed E-state index contributed by atoms with van der Waals surface area (Å²) < 4.78 is 21.2. The highest BCUT2D eigenvalue weighted by atomic mass is 28.4. The molecular formula is C16H32O5Si. The van der Waals surface area contributed by atoms with Gasteiger partial charge in [-0.3, -0.25) is 0 Å². The van der Waals surface area contributed by atoms with Crippen molar-refractivity contribution < 1.29 is 22.8 Å². The Morgan fingerprint density at radius 1 is 0.864 bits per heavy atom. The molecule has 22 heavy (non-hydrogen) atoms. The van der Waals surface area contributed by atoms with E-state index in [2.05, 4.69) is 6.58 Å². The van der Waals surface area contributed by atoms with E-state index in [9.17, 15) is 4.79 Å². The van der Waals surface area contributed by atoms with Crippen molar-refractivity contribution in [2.75, 3.05) is 27.9 Å². The van der Waals surface area contributed by atoms with Gasteiger partial charge in [0.25, 0.3) is 0 Å². The third-order valence-electron chi connectivity index (χ3n) is 3.64. The number of hydrogen-bond acceptors (Lipinski definition) is 5. The van der Waals surface area contributed by atoms with Crippen molar-refractivity contribution in [3.63, 3.8) is 0 Å². The highest BCUT2D eigenvalue weighted by Crippen LogP contribution is 2.18. The zero-order valence-electron chi connectivity index (χ0n) is 14.6. The van der Waals surface area contributed by atoms with Crippen LogP contribution in [0.5, 0.6) is 0 Å². The molecule has 0 aliphatic rings.